The number of nitrogens with zero attached hydrogens (tertiary/aromatic N) is 1. The zero-order valence-corrected chi connectivity index (χ0v) is 13.6. The van der Waals surface area contributed by atoms with Gasteiger partial charge in [-0.3, -0.25) is 9.69 Å². The molecular weight excluding hydrogens is 262 g/mol. The molecule has 0 radical (unpaired) electrons. The number of hydrogen-bond donors (Lipinski definition) is 2. The van der Waals surface area contributed by atoms with Crippen molar-refractivity contribution in [2.24, 2.45) is 0 Å². The lowest BCUT2D eigenvalue weighted by Gasteiger charge is -2.51. The van der Waals surface area contributed by atoms with Crippen molar-refractivity contribution in [1.82, 2.24) is 15.5 Å². The maximum Gasteiger partial charge on any atom is 0.237 e. The van der Waals surface area contributed by atoms with Crippen molar-refractivity contribution in [2.75, 3.05) is 6.54 Å². The quantitative estimate of drug-likeness (QED) is 0.788. The third-order valence-electron chi connectivity index (χ3n) is 5.46. The van der Waals surface area contributed by atoms with Crippen LogP contribution in [0.5, 0.6) is 0 Å². The predicted molar refractivity (Wildman–Crippen MR) is 85.2 cm³/mol. The van der Waals surface area contributed by atoms with E-state index in [9.17, 15) is 4.79 Å². The van der Waals surface area contributed by atoms with Crippen LogP contribution in [-0.4, -0.2) is 47.6 Å². The van der Waals surface area contributed by atoms with Gasteiger partial charge in [0.15, 0.2) is 0 Å². The first-order valence-corrected chi connectivity index (χ1v) is 9.00. The molecule has 2 bridgehead atoms. The summed E-state index contributed by atoms with van der Waals surface area (Å²) in [6, 6.07) is 2.39. The summed E-state index contributed by atoms with van der Waals surface area (Å²) in [6.45, 7) is 5.47. The molecule has 3 unspecified atom stereocenters. The van der Waals surface area contributed by atoms with Crippen molar-refractivity contribution >= 4 is 5.91 Å². The molecule has 4 nitrogen and oxygen atoms in total. The van der Waals surface area contributed by atoms with Gasteiger partial charge in [-0.15, -0.1) is 0 Å². The molecule has 0 aromatic carbocycles. The number of carbonyl (C=O) groups is 1. The number of hydrogen-bond acceptors (Lipinski definition) is 3. The van der Waals surface area contributed by atoms with Gasteiger partial charge in [0, 0.05) is 24.2 Å². The van der Waals surface area contributed by atoms with E-state index in [1.165, 1.54) is 51.4 Å². The SMILES string of the molecule is CCCNC1CC2CCCC(C1)N2C(C)C(=O)NC1CC1. The van der Waals surface area contributed by atoms with Crippen LogP contribution < -0.4 is 10.6 Å². The summed E-state index contributed by atoms with van der Waals surface area (Å²) in [4.78, 5) is 15.0. The zero-order chi connectivity index (χ0) is 14.8. The second kappa shape index (κ2) is 6.66. The lowest BCUT2D eigenvalue weighted by molar-refractivity contribution is -0.130. The summed E-state index contributed by atoms with van der Waals surface area (Å²) in [6.07, 6.45) is 9.86. The van der Waals surface area contributed by atoms with E-state index in [0.717, 1.165) is 6.54 Å². The van der Waals surface area contributed by atoms with Crippen LogP contribution in [-0.2, 0) is 4.79 Å². The predicted octanol–water partition coefficient (Wildman–Crippen LogP) is 2.04. The molecule has 0 spiro atoms. The average Bonchev–Trinajstić information content (AvgIpc) is 3.27. The zero-order valence-electron chi connectivity index (χ0n) is 13.6. The average molecular weight is 293 g/mol. The Bertz CT molecular complexity index is 355. The molecule has 4 heteroatoms. The maximum atomic E-state index is 12.4. The maximum absolute atomic E-state index is 12.4. The molecule has 3 aliphatic rings. The van der Waals surface area contributed by atoms with E-state index in [4.69, 9.17) is 0 Å². The van der Waals surface area contributed by atoms with Gasteiger partial charge >= 0.3 is 0 Å². The van der Waals surface area contributed by atoms with E-state index >= 15 is 0 Å². The van der Waals surface area contributed by atoms with Crippen molar-refractivity contribution in [1.29, 1.82) is 0 Å². The molecule has 1 amide bonds. The Hall–Kier alpha value is -0.610. The van der Waals surface area contributed by atoms with Crippen LogP contribution in [0.1, 0.15) is 65.2 Å². The van der Waals surface area contributed by atoms with Crippen LogP contribution in [0.25, 0.3) is 0 Å². The number of carbonyl (C=O) groups excluding carboxylic acids is 1. The number of rotatable bonds is 6. The highest BCUT2D eigenvalue weighted by Crippen LogP contribution is 2.35. The molecule has 21 heavy (non-hydrogen) atoms. The summed E-state index contributed by atoms with van der Waals surface area (Å²) in [5.41, 5.74) is 0. The third-order valence-corrected chi connectivity index (χ3v) is 5.46. The Labute approximate surface area is 129 Å². The largest absolute Gasteiger partial charge is 0.352 e. The van der Waals surface area contributed by atoms with Crippen molar-refractivity contribution in [3.05, 3.63) is 0 Å². The van der Waals surface area contributed by atoms with E-state index in [1.807, 2.05) is 0 Å². The second-order valence-electron chi connectivity index (χ2n) is 7.27. The van der Waals surface area contributed by atoms with Crippen LogP contribution >= 0.6 is 0 Å². The summed E-state index contributed by atoms with van der Waals surface area (Å²) in [7, 11) is 0. The Kier molecular flexibility index (Phi) is 4.85. The van der Waals surface area contributed by atoms with E-state index < -0.39 is 0 Å². The monoisotopic (exact) mass is 293 g/mol. The first-order chi connectivity index (χ1) is 10.2. The van der Waals surface area contributed by atoms with Gasteiger partial charge in [-0.1, -0.05) is 13.3 Å². The normalized spacial score (nSPS) is 34.5. The van der Waals surface area contributed by atoms with E-state index in [0.29, 0.717) is 24.2 Å². The topological polar surface area (TPSA) is 44.4 Å². The Balaban J connectivity index is 1.60. The van der Waals surface area contributed by atoms with E-state index in [2.05, 4.69) is 29.4 Å². The summed E-state index contributed by atoms with van der Waals surface area (Å²) >= 11 is 0. The second-order valence-corrected chi connectivity index (χ2v) is 7.27. The Morgan fingerprint density at radius 1 is 1.14 bits per heavy atom. The van der Waals surface area contributed by atoms with Crippen molar-refractivity contribution in [3.8, 4) is 0 Å². The van der Waals surface area contributed by atoms with Crippen molar-refractivity contribution in [3.63, 3.8) is 0 Å². The van der Waals surface area contributed by atoms with Gasteiger partial charge in [0.25, 0.3) is 0 Å². The minimum Gasteiger partial charge on any atom is -0.352 e. The van der Waals surface area contributed by atoms with Gasteiger partial charge in [-0.05, 0) is 58.4 Å². The number of nitrogens with one attached hydrogen (secondary N) is 2. The molecule has 3 fully saturated rings. The van der Waals surface area contributed by atoms with Gasteiger partial charge in [0.1, 0.15) is 0 Å². The van der Waals surface area contributed by atoms with Crippen molar-refractivity contribution in [2.45, 2.75) is 95.4 Å². The molecule has 1 aliphatic carbocycles. The highest BCUT2D eigenvalue weighted by atomic mass is 16.2. The Morgan fingerprint density at radius 3 is 2.38 bits per heavy atom. The smallest absolute Gasteiger partial charge is 0.237 e. The fourth-order valence-corrected chi connectivity index (χ4v) is 4.25. The van der Waals surface area contributed by atoms with E-state index in [-0.39, 0.29) is 11.9 Å². The summed E-state index contributed by atoms with van der Waals surface area (Å²) in [5, 5.41) is 6.89. The summed E-state index contributed by atoms with van der Waals surface area (Å²) < 4.78 is 0. The minimum absolute atomic E-state index is 0.0491. The fourth-order valence-electron chi connectivity index (χ4n) is 4.25. The molecule has 2 aliphatic heterocycles. The van der Waals surface area contributed by atoms with Gasteiger partial charge in [-0.25, -0.2) is 0 Å². The van der Waals surface area contributed by atoms with E-state index in [1.54, 1.807) is 0 Å². The van der Waals surface area contributed by atoms with Crippen LogP contribution in [0, 0.1) is 0 Å². The van der Waals surface area contributed by atoms with Crippen LogP contribution in [0.3, 0.4) is 0 Å². The number of fused-ring (bicyclic) bond motifs is 2. The highest BCUT2D eigenvalue weighted by Gasteiger charge is 2.42. The molecule has 2 saturated heterocycles. The number of piperidine rings is 2. The van der Waals surface area contributed by atoms with Gasteiger partial charge in [0.05, 0.1) is 6.04 Å². The van der Waals surface area contributed by atoms with Gasteiger partial charge in [0.2, 0.25) is 5.91 Å². The molecule has 120 valence electrons. The molecule has 1 saturated carbocycles. The molecule has 2 heterocycles. The lowest BCUT2D eigenvalue weighted by atomic mass is 9.80. The lowest BCUT2D eigenvalue weighted by Crippen LogP contribution is -2.62. The standard InChI is InChI=1S/C17H31N3O/c1-3-9-18-14-10-15-5-4-6-16(11-14)20(15)12(2)17(21)19-13-7-8-13/h12-16,18H,3-11H2,1-2H3,(H,19,21). The van der Waals surface area contributed by atoms with Crippen LogP contribution in [0.2, 0.25) is 0 Å². The molecule has 3 rings (SSSR count). The first-order valence-electron chi connectivity index (χ1n) is 9.00. The molecule has 0 aromatic heterocycles. The minimum atomic E-state index is 0.0491. The Morgan fingerprint density at radius 2 is 1.81 bits per heavy atom. The number of amides is 1. The fraction of sp³-hybridized carbons (Fsp3) is 0.941. The summed E-state index contributed by atoms with van der Waals surface area (Å²) in [5.74, 6) is 0.259. The van der Waals surface area contributed by atoms with Gasteiger partial charge in [-0.2, -0.15) is 0 Å². The van der Waals surface area contributed by atoms with Gasteiger partial charge < -0.3 is 10.6 Å². The van der Waals surface area contributed by atoms with Crippen molar-refractivity contribution < 1.29 is 4.79 Å². The third kappa shape index (κ3) is 3.59. The first kappa shape index (κ1) is 15.3. The molecular formula is C17H31N3O. The van der Waals surface area contributed by atoms with Crippen LogP contribution in [0.4, 0.5) is 0 Å². The van der Waals surface area contributed by atoms with Crippen LogP contribution in [0.15, 0.2) is 0 Å². The molecule has 0 aromatic rings. The molecule has 3 atom stereocenters. The molecule has 2 N–H and O–H groups in total. The highest BCUT2D eigenvalue weighted by molar-refractivity contribution is 5.82.